The van der Waals surface area contributed by atoms with Crippen molar-refractivity contribution in [3.05, 3.63) is 14.4 Å². The minimum Gasteiger partial charge on any atom is -0.356 e. The van der Waals surface area contributed by atoms with Crippen LogP contribution >= 0.6 is 38.5 Å². The van der Waals surface area contributed by atoms with Gasteiger partial charge in [-0.1, -0.05) is 0 Å². The maximum Gasteiger partial charge on any atom is 0.151 e. The second-order valence-corrected chi connectivity index (χ2v) is 4.93. The van der Waals surface area contributed by atoms with E-state index in [1.807, 2.05) is 10.9 Å². The van der Waals surface area contributed by atoms with Crippen LogP contribution in [0.3, 0.4) is 0 Å². The van der Waals surface area contributed by atoms with Gasteiger partial charge in [0, 0.05) is 6.61 Å². The Morgan fingerprint density at radius 2 is 2.46 bits per heavy atom. The van der Waals surface area contributed by atoms with Crippen LogP contribution in [0.2, 0.25) is 0 Å². The van der Waals surface area contributed by atoms with Gasteiger partial charge in [0.05, 0.1) is 10.7 Å². The summed E-state index contributed by atoms with van der Waals surface area (Å²) in [5, 5.41) is 4.28. The first-order valence-corrected chi connectivity index (χ1v) is 6.16. The van der Waals surface area contributed by atoms with Crippen LogP contribution in [0.25, 0.3) is 0 Å². The number of rotatable bonds is 1. The predicted molar refractivity (Wildman–Crippen MR) is 61.5 cm³/mol. The third-order valence-corrected chi connectivity index (χ3v) is 4.52. The number of nitrogens with zero attached hydrogens (tertiary/aromatic N) is 2. The molecule has 1 aromatic rings. The van der Waals surface area contributed by atoms with E-state index in [1.165, 1.54) is 12.8 Å². The highest BCUT2D eigenvalue weighted by Crippen LogP contribution is 2.27. The summed E-state index contributed by atoms with van der Waals surface area (Å²) in [6, 6.07) is 0. The lowest BCUT2D eigenvalue weighted by Crippen LogP contribution is -2.20. The van der Waals surface area contributed by atoms with Crippen LogP contribution in [-0.4, -0.2) is 16.4 Å². The van der Waals surface area contributed by atoms with E-state index < -0.39 is 0 Å². The summed E-state index contributed by atoms with van der Waals surface area (Å²) in [6.45, 7) is 0.859. The maximum absolute atomic E-state index is 5.63. The zero-order valence-corrected chi connectivity index (χ0v) is 10.8. The van der Waals surface area contributed by atoms with E-state index in [4.69, 9.17) is 4.74 Å². The van der Waals surface area contributed by atoms with Crippen molar-refractivity contribution in [2.75, 3.05) is 6.61 Å². The first-order valence-electron chi connectivity index (χ1n) is 4.29. The molecule has 0 amide bonds. The van der Waals surface area contributed by atoms with E-state index in [0.717, 1.165) is 21.2 Å². The van der Waals surface area contributed by atoms with E-state index in [0.29, 0.717) is 0 Å². The van der Waals surface area contributed by atoms with E-state index >= 15 is 0 Å². The molecular formula is C8H10BrIN2O. The number of halogens is 2. The minimum absolute atomic E-state index is 0.145. The highest BCUT2D eigenvalue weighted by molar-refractivity contribution is 14.1. The fourth-order valence-electron chi connectivity index (χ4n) is 1.44. The summed E-state index contributed by atoms with van der Waals surface area (Å²) in [5.41, 5.74) is 0. The van der Waals surface area contributed by atoms with Gasteiger partial charge in [0.2, 0.25) is 0 Å². The topological polar surface area (TPSA) is 27.1 Å². The first kappa shape index (κ1) is 9.92. The van der Waals surface area contributed by atoms with Gasteiger partial charge >= 0.3 is 0 Å². The average molecular weight is 357 g/mol. The second kappa shape index (κ2) is 4.27. The van der Waals surface area contributed by atoms with Crippen LogP contribution in [0.5, 0.6) is 0 Å². The lowest BCUT2D eigenvalue weighted by atomic mass is 10.2. The summed E-state index contributed by atoms with van der Waals surface area (Å²) < 4.78 is 9.74. The molecule has 13 heavy (non-hydrogen) atoms. The van der Waals surface area contributed by atoms with E-state index in [9.17, 15) is 0 Å². The molecule has 0 unspecified atom stereocenters. The van der Waals surface area contributed by atoms with Crippen LogP contribution in [-0.2, 0) is 4.74 Å². The van der Waals surface area contributed by atoms with Gasteiger partial charge in [-0.15, -0.1) is 0 Å². The quantitative estimate of drug-likeness (QED) is 0.723. The highest BCUT2D eigenvalue weighted by Gasteiger charge is 2.19. The van der Waals surface area contributed by atoms with Gasteiger partial charge in [-0.05, 0) is 57.8 Å². The van der Waals surface area contributed by atoms with E-state index in [-0.39, 0.29) is 6.23 Å². The first-order chi connectivity index (χ1) is 6.29. The van der Waals surface area contributed by atoms with Crippen molar-refractivity contribution in [3.63, 3.8) is 0 Å². The zero-order chi connectivity index (χ0) is 9.26. The summed E-state index contributed by atoms with van der Waals surface area (Å²) in [6.07, 6.45) is 5.45. The third-order valence-electron chi connectivity index (χ3n) is 2.12. The lowest BCUT2D eigenvalue weighted by molar-refractivity contribution is -0.0411. The summed E-state index contributed by atoms with van der Waals surface area (Å²) >= 11 is 5.71. The SMILES string of the molecule is Brc1cnn([C@@H]2CCCCO2)c1I. The van der Waals surface area contributed by atoms with Crippen molar-refractivity contribution < 1.29 is 4.74 Å². The van der Waals surface area contributed by atoms with E-state index in [1.54, 1.807) is 0 Å². The predicted octanol–water partition coefficient (Wildman–Crippen LogP) is 2.95. The number of hydrogen-bond acceptors (Lipinski definition) is 2. The van der Waals surface area contributed by atoms with Crippen LogP contribution in [0, 0.1) is 3.70 Å². The Morgan fingerprint density at radius 3 is 3.00 bits per heavy atom. The number of aromatic nitrogens is 2. The number of hydrogen-bond donors (Lipinski definition) is 0. The summed E-state index contributed by atoms with van der Waals surface area (Å²) in [5.74, 6) is 0. The van der Waals surface area contributed by atoms with Gasteiger partial charge in [0.25, 0.3) is 0 Å². The van der Waals surface area contributed by atoms with Gasteiger partial charge in [-0.2, -0.15) is 5.10 Å². The third kappa shape index (κ3) is 2.07. The van der Waals surface area contributed by atoms with Crippen molar-refractivity contribution in [1.82, 2.24) is 9.78 Å². The molecule has 1 atom stereocenters. The average Bonchev–Trinajstić information content (AvgIpc) is 2.49. The molecule has 1 saturated heterocycles. The molecule has 3 nitrogen and oxygen atoms in total. The Hall–Kier alpha value is 0.380. The fraction of sp³-hybridized carbons (Fsp3) is 0.625. The molecular weight excluding hydrogens is 347 g/mol. The Balaban J connectivity index is 2.18. The van der Waals surface area contributed by atoms with Gasteiger partial charge in [-0.25, -0.2) is 4.68 Å². The molecule has 1 aliphatic heterocycles. The van der Waals surface area contributed by atoms with Crippen LogP contribution in [0.4, 0.5) is 0 Å². The van der Waals surface area contributed by atoms with Crippen molar-refractivity contribution >= 4 is 38.5 Å². The monoisotopic (exact) mass is 356 g/mol. The Labute approximate surface area is 99.1 Å². The molecule has 0 saturated carbocycles. The molecule has 0 aromatic carbocycles. The molecule has 0 spiro atoms. The summed E-state index contributed by atoms with van der Waals surface area (Å²) in [7, 11) is 0. The van der Waals surface area contributed by atoms with Gasteiger partial charge in [0.15, 0.2) is 6.23 Å². The molecule has 1 aliphatic rings. The fourth-order valence-corrected chi connectivity index (χ4v) is 2.29. The van der Waals surface area contributed by atoms with Gasteiger partial charge < -0.3 is 4.74 Å². The standard InChI is InChI=1S/C8H10BrIN2O/c9-6-5-11-12(8(6)10)7-3-1-2-4-13-7/h5,7H,1-4H2/t7-/m0/s1. The molecule has 0 N–H and O–H groups in total. The molecule has 2 heterocycles. The molecule has 72 valence electrons. The van der Waals surface area contributed by atoms with Crippen molar-refractivity contribution in [2.24, 2.45) is 0 Å². The molecule has 0 radical (unpaired) electrons. The van der Waals surface area contributed by atoms with Crippen LogP contribution in [0.1, 0.15) is 25.5 Å². The van der Waals surface area contributed by atoms with Crippen molar-refractivity contribution in [2.45, 2.75) is 25.5 Å². The minimum atomic E-state index is 0.145. The molecule has 0 aliphatic carbocycles. The van der Waals surface area contributed by atoms with Crippen LogP contribution < -0.4 is 0 Å². The normalized spacial score (nSPS) is 23.4. The van der Waals surface area contributed by atoms with Crippen molar-refractivity contribution in [3.8, 4) is 0 Å². The van der Waals surface area contributed by atoms with Gasteiger partial charge in [0.1, 0.15) is 3.70 Å². The Morgan fingerprint density at radius 1 is 1.62 bits per heavy atom. The van der Waals surface area contributed by atoms with Crippen molar-refractivity contribution in [1.29, 1.82) is 0 Å². The molecule has 1 fully saturated rings. The molecule has 2 rings (SSSR count). The second-order valence-electron chi connectivity index (χ2n) is 3.05. The summed E-state index contributed by atoms with van der Waals surface area (Å²) in [4.78, 5) is 0. The van der Waals surface area contributed by atoms with Crippen LogP contribution in [0.15, 0.2) is 10.7 Å². The van der Waals surface area contributed by atoms with E-state index in [2.05, 4.69) is 43.6 Å². The maximum atomic E-state index is 5.63. The Kier molecular flexibility index (Phi) is 3.26. The molecule has 0 bridgehead atoms. The molecule has 5 heteroatoms. The van der Waals surface area contributed by atoms with Gasteiger partial charge in [-0.3, -0.25) is 0 Å². The largest absolute Gasteiger partial charge is 0.356 e. The smallest absolute Gasteiger partial charge is 0.151 e. The molecule has 1 aromatic heterocycles. The lowest BCUT2D eigenvalue weighted by Gasteiger charge is -2.23. The number of ether oxygens (including phenoxy) is 1. The highest BCUT2D eigenvalue weighted by atomic mass is 127. The zero-order valence-electron chi connectivity index (χ0n) is 7.04. The Bertz CT molecular complexity index is 296.